The summed E-state index contributed by atoms with van der Waals surface area (Å²) in [7, 11) is 0. The van der Waals surface area contributed by atoms with E-state index in [1.54, 1.807) is 19.1 Å². The second kappa shape index (κ2) is 5.50. The lowest BCUT2D eigenvalue weighted by atomic mass is 9.93. The molecule has 0 fully saturated rings. The zero-order valence-electron chi connectivity index (χ0n) is 11.0. The van der Waals surface area contributed by atoms with Gasteiger partial charge in [-0.05, 0) is 30.9 Å². The summed E-state index contributed by atoms with van der Waals surface area (Å²) in [5.41, 5.74) is 0.506. The Kier molecular flexibility index (Phi) is 4.52. The summed E-state index contributed by atoms with van der Waals surface area (Å²) >= 11 is 0. The van der Waals surface area contributed by atoms with Crippen molar-refractivity contribution in [1.29, 1.82) is 0 Å². The molecule has 0 heterocycles. The van der Waals surface area contributed by atoms with Crippen molar-refractivity contribution in [3.8, 4) is 5.75 Å². The maximum Gasteiger partial charge on any atom is 0.132 e. The molecule has 0 unspecified atom stereocenters. The fourth-order valence-electron chi connectivity index (χ4n) is 1.41. The summed E-state index contributed by atoms with van der Waals surface area (Å²) in [6.45, 7) is 8.50. The Bertz CT molecular complexity index is 367. The minimum atomic E-state index is -0.793. The third-order valence-corrected chi connectivity index (χ3v) is 2.54. The van der Waals surface area contributed by atoms with Gasteiger partial charge in [0.25, 0.3) is 0 Å². The summed E-state index contributed by atoms with van der Waals surface area (Å²) in [6.07, 6.45) is 0.117. The van der Waals surface area contributed by atoms with Gasteiger partial charge in [-0.1, -0.05) is 20.8 Å². The van der Waals surface area contributed by atoms with Gasteiger partial charge in [0.15, 0.2) is 0 Å². The van der Waals surface area contributed by atoms with Crippen molar-refractivity contribution in [1.82, 2.24) is 0 Å². The minimum absolute atomic E-state index is 0.206. The van der Waals surface area contributed by atoms with Crippen LogP contribution in [0.4, 0.5) is 4.39 Å². The maximum atomic E-state index is 13.5. The van der Waals surface area contributed by atoms with Crippen LogP contribution < -0.4 is 4.74 Å². The summed E-state index contributed by atoms with van der Waals surface area (Å²) in [5, 5.41) is 9.30. The molecule has 1 aromatic rings. The first kappa shape index (κ1) is 14.0. The van der Waals surface area contributed by atoms with Gasteiger partial charge < -0.3 is 9.84 Å². The minimum Gasteiger partial charge on any atom is -0.493 e. The molecule has 1 atom stereocenters. The van der Waals surface area contributed by atoms with E-state index in [9.17, 15) is 9.50 Å². The zero-order chi connectivity index (χ0) is 13.1. The van der Waals surface area contributed by atoms with Crippen molar-refractivity contribution < 1.29 is 14.2 Å². The number of aliphatic hydroxyl groups is 1. The number of halogens is 1. The third kappa shape index (κ3) is 4.73. The molecule has 0 amide bonds. The third-order valence-electron chi connectivity index (χ3n) is 2.54. The first-order valence-electron chi connectivity index (χ1n) is 5.90. The van der Waals surface area contributed by atoms with Gasteiger partial charge in [0.2, 0.25) is 0 Å². The van der Waals surface area contributed by atoms with Crippen molar-refractivity contribution in [2.45, 2.75) is 40.2 Å². The summed E-state index contributed by atoms with van der Waals surface area (Å²) < 4.78 is 19.0. The predicted molar refractivity (Wildman–Crippen MR) is 66.6 cm³/mol. The predicted octanol–water partition coefficient (Wildman–Crippen LogP) is 3.69. The van der Waals surface area contributed by atoms with Crippen LogP contribution in [0.25, 0.3) is 0 Å². The summed E-state index contributed by atoms with van der Waals surface area (Å²) in [6, 6.07) is 4.57. The molecule has 0 aliphatic rings. The molecule has 0 radical (unpaired) electrons. The van der Waals surface area contributed by atoms with Gasteiger partial charge in [-0.2, -0.15) is 0 Å². The molecule has 0 aliphatic heterocycles. The molecule has 0 bridgehead atoms. The van der Waals surface area contributed by atoms with Crippen LogP contribution in [0.5, 0.6) is 5.75 Å². The van der Waals surface area contributed by atoms with Crippen molar-refractivity contribution in [3.63, 3.8) is 0 Å². The second-order valence-electron chi connectivity index (χ2n) is 5.52. The van der Waals surface area contributed by atoms with Gasteiger partial charge in [-0.25, -0.2) is 4.39 Å². The van der Waals surface area contributed by atoms with E-state index >= 15 is 0 Å². The lowest BCUT2D eigenvalue weighted by Gasteiger charge is -2.18. The van der Waals surface area contributed by atoms with Crippen molar-refractivity contribution >= 4 is 0 Å². The van der Waals surface area contributed by atoms with E-state index in [4.69, 9.17) is 4.74 Å². The monoisotopic (exact) mass is 240 g/mol. The normalized spacial score (nSPS) is 13.5. The lowest BCUT2D eigenvalue weighted by molar-refractivity contribution is 0.193. The van der Waals surface area contributed by atoms with Crippen LogP contribution in [0.3, 0.4) is 0 Å². The van der Waals surface area contributed by atoms with E-state index in [1.807, 2.05) is 0 Å². The maximum absolute atomic E-state index is 13.5. The summed E-state index contributed by atoms with van der Waals surface area (Å²) in [4.78, 5) is 0. The van der Waals surface area contributed by atoms with E-state index in [0.29, 0.717) is 17.9 Å². The van der Waals surface area contributed by atoms with Crippen LogP contribution in [-0.2, 0) is 0 Å². The molecule has 1 rings (SSSR count). The fourth-order valence-corrected chi connectivity index (χ4v) is 1.41. The van der Waals surface area contributed by atoms with Gasteiger partial charge >= 0.3 is 0 Å². The Morgan fingerprint density at radius 1 is 1.35 bits per heavy atom. The Labute approximate surface area is 102 Å². The highest BCUT2D eigenvalue weighted by Gasteiger charge is 2.11. The standard InChI is InChI=1S/C14H21FO2/c1-10(16)12-6-5-11(9-13(12)15)17-8-7-14(2,3)4/h5-6,9-10,16H,7-8H2,1-4H3/t10-/m1/s1. The Morgan fingerprint density at radius 2 is 2.00 bits per heavy atom. The molecule has 17 heavy (non-hydrogen) atoms. The van der Waals surface area contributed by atoms with E-state index < -0.39 is 11.9 Å². The van der Waals surface area contributed by atoms with Crippen molar-refractivity contribution in [2.75, 3.05) is 6.61 Å². The van der Waals surface area contributed by atoms with Gasteiger partial charge in [-0.15, -0.1) is 0 Å². The Hall–Kier alpha value is -1.09. The number of aliphatic hydroxyl groups excluding tert-OH is 1. The van der Waals surface area contributed by atoms with Crippen LogP contribution in [0.2, 0.25) is 0 Å². The molecule has 0 spiro atoms. The van der Waals surface area contributed by atoms with E-state index in [2.05, 4.69) is 20.8 Å². The molecule has 3 heteroatoms. The highest BCUT2D eigenvalue weighted by Crippen LogP contribution is 2.23. The smallest absolute Gasteiger partial charge is 0.132 e. The topological polar surface area (TPSA) is 29.5 Å². The van der Waals surface area contributed by atoms with Crippen molar-refractivity contribution in [3.05, 3.63) is 29.6 Å². The number of hydrogen-bond acceptors (Lipinski definition) is 2. The Balaban J connectivity index is 2.59. The van der Waals surface area contributed by atoms with E-state index in [0.717, 1.165) is 6.42 Å². The Morgan fingerprint density at radius 3 is 2.47 bits per heavy atom. The molecule has 2 nitrogen and oxygen atoms in total. The number of hydrogen-bond donors (Lipinski definition) is 1. The zero-order valence-corrected chi connectivity index (χ0v) is 11.0. The SMILES string of the molecule is C[C@@H](O)c1ccc(OCCC(C)(C)C)cc1F. The highest BCUT2D eigenvalue weighted by molar-refractivity contribution is 5.29. The van der Waals surface area contributed by atoms with E-state index in [1.165, 1.54) is 6.07 Å². The van der Waals surface area contributed by atoms with Crippen LogP contribution >= 0.6 is 0 Å². The van der Waals surface area contributed by atoms with Crippen LogP contribution in [-0.4, -0.2) is 11.7 Å². The molecule has 0 aromatic heterocycles. The van der Waals surface area contributed by atoms with Crippen LogP contribution in [0.1, 0.15) is 45.8 Å². The van der Waals surface area contributed by atoms with E-state index in [-0.39, 0.29) is 5.41 Å². The summed E-state index contributed by atoms with van der Waals surface area (Å²) in [5.74, 6) is 0.0874. The molecule has 0 saturated carbocycles. The molecule has 0 aliphatic carbocycles. The largest absolute Gasteiger partial charge is 0.493 e. The molecule has 0 saturated heterocycles. The molecular formula is C14H21FO2. The number of benzene rings is 1. The average Bonchev–Trinajstić information content (AvgIpc) is 2.15. The van der Waals surface area contributed by atoms with Gasteiger partial charge in [0.05, 0.1) is 12.7 Å². The van der Waals surface area contributed by atoms with Crippen molar-refractivity contribution in [2.24, 2.45) is 5.41 Å². The molecule has 1 N–H and O–H groups in total. The number of rotatable bonds is 4. The quantitative estimate of drug-likeness (QED) is 0.869. The lowest BCUT2D eigenvalue weighted by Crippen LogP contribution is -2.11. The second-order valence-corrected chi connectivity index (χ2v) is 5.52. The molecule has 1 aromatic carbocycles. The molecular weight excluding hydrogens is 219 g/mol. The number of ether oxygens (including phenoxy) is 1. The molecule has 96 valence electrons. The van der Waals surface area contributed by atoms with Crippen LogP contribution in [0, 0.1) is 11.2 Å². The average molecular weight is 240 g/mol. The van der Waals surface area contributed by atoms with Gasteiger partial charge in [0, 0.05) is 11.6 Å². The van der Waals surface area contributed by atoms with Gasteiger partial charge in [-0.3, -0.25) is 0 Å². The highest BCUT2D eigenvalue weighted by atomic mass is 19.1. The fraction of sp³-hybridized carbons (Fsp3) is 0.571. The van der Waals surface area contributed by atoms with Gasteiger partial charge in [0.1, 0.15) is 11.6 Å². The first-order valence-corrected chi connectivity index (χ1v) is 5.90. The van der Waals surface area contributed by atoms with Crippen LogP contribution in [0.15, 0.2) is 18.2 Å². The first-order chi connectivity index (χ1) is 7.79.